The summed E-state index contributed by atoms with van der Waals surface area (Å²) < 4.78 is 1.16. The van der Waals surface area contributed by atoms with Crippen LogP contribution in [0.4, 0.5) is 5.13 Å². The molecular weight excluding hydrogens is 266 g/mol. The van der Waals surface area contributed by atoms with Gasteiger partial charge in [0.1, 0.15) is 0 Å². The van der Waals surface area contributed by atoms with E-state index in [0.29, 0.717) is 0 Å². The third-order valence-electron chi connectivity index (χ3n) is 3.08. The molecule has 100 valence electrons. The average Bonchev–Trinajstić information content (AvgIpc) is 2.84. The van der Waals surface area contributed by atoms with Crippen LogP contribution in [0.3, 0.4) is 0 Å². The summed E-state index contributed by atoms with van der Waals surface area (Å²) in [7, 11) is 0. The number of hydrogen-bond acceptors (Lipinski definition) is 4. The maximum atomic E-state index is 4.47. The second-order valence-electron chi connectivity index (χ2n) is 4.72. The molecule has 3 rings (SSSR count). The minimum absolute atomic E-state index is 0.812. The second kappa shape index (κ2) is 5.43. The number of rotatable bonds is 3. The Balaban J connectivity index is 1.76. The number of anilines is 1. The number of aryl methyl sites for hydroxylation is 2. The number of fused-ring (bicyclic) bond motifs is 1. The van der Waals surface area contributed by atoms with Crippen molar-refractivity contribution in [3.05, 3.63) is 59.2 Å². The van der Waals surface area contributed by atoms with Crippen LogP contribution in [-0.2, 0) is 0 Å². The molecule has 0 atom stereocenters. The van der Waals surface area contributed by atoms with E-state index in [1.807, 2.05) is 24.4 Å². The zero-order valence-corrected chi connectivity index (χ0v) is 12.2. The largest absolute Gasteiger partial charge is 0.253 e. The van der Waals surface area contributed by atoms with Crippen molar-refractivity contribution in [2.45, 2.75) is 13.8 Å². The molecule has 0 bridgehead atoms. The first kappa shape index (κ1) is 12.8. The fourth-order valence-electron chi connectivity index (χ4n) is 2.05. The molecular formula is C16H15N3S. The number of thiazole rings is 1. The van der Waals surface area contributed by atoms with Crippen molar-refractivity contribution in [2.75, 3.05) is 5.43 Å². The van der Waals surface area contributed by atoms with E-state index in [-0.39, 0.29) is 0 Å². The van der Waals surface area contributed by atoms with Gasteiger partial charge in [0.05, 0.1) is 16.4 Å². The van der Waals surface area contributed by atoms with Crippen LogP contribution in [0.1, 0.15) is 16.7 Å². The summed E-state index contributed by atoms with van der Waals surface area (Å²) in [6.07, 6.45) is 1.83. The Morgan fingerprint density at radius 3 is 2.80 bits per heavy atom. The van der Waals surface area contributed by atoms with Crippen molar-refractivity contribution < 1.29 is 0 Å². The van der Waals surface area contributed by atoms with Gasteiger partial charge in [-0.1, -0.05) is 47.2 Å². The number of hydrazone groups is 1. The van der Waals surface area contributed by atoms with Crippen molar-refractivity contribution in [3.8, 4) is 0 Å². The highest BCUT2D eigenvalue weighted by Crippen LogP contribution is 2.25. The van der Waals surface area contributed by atoms with E-state index in [4.69, 9.17) is 0 Å². The third-order valence-corrected chi connectivity index (χ3v) is 4.02. The molecule has 0 unspecified atom stereocenters. The molecule has 1 N–H and O–H groups in total. The van der Waals surface area contributed by atoms with Crippen LogP contribution in [0.15, 0.2) is 47.6 Å². The van der Waals surface area contributed by atoms with E-state index >= 15 is 0 Å². The summed E-state index contributed by atoms with van der Waals surface area (Å²) in [5.41, 5.74) is 7.60. The van der Waals surface area contributed by atoms with Crippen LogP contribution < -0.4 is 5.43 Å². The van der Waals surface area contributed by atoms with E-state index in [1.165, 1.54) is 11.1 Å². The summed E-state index contributed by atoms with van der Waals surface area (Å²) >= 11 is 1.60. The monoisotopic (exact) mass is 281 g/mol. The van der Waals surface area contributed by atoms with E-state index in [1.54, 1.807) is 11.3 Å². The van der Waals surface area contributed by atoms with Crippen molar-refractivity contribution in [1.29, 1.82) is 0 Å². The Morgan fingerprint density at radius 1 is 1.15 bits per heavy atom. The molecule has 0 amide bonds. The summed E-state index contributed by atoms with van der Waals surface area (Å²) in [5, 5.41) is 5.08. The topological polar surface area (TPSA) is 37.3 Å². The number of benzene rings is 2. The lowest BCUT2D eigenvalue weighted by atomic mass is 10.1. The number of aromatic nitrogens is 1. The van der Waals surface area contributed by atoms with Gasteiger partial charge >= 0.3 is 0 Å². The van der Waals surface area contributed by atoms with Gasteiger partial charge in [0.2, 0.25) is 5.13 Å². The normalized spacial score (nSPS) is 11.3. The van der Waals surface area contributed by atoms with Crippen molar-refractivity contribution in [3.63, 3.8) is 0 Å². The minimum atomic E-state index is 0.812. The highest BCUT2D eigenvalue weighted by Gasteiger charge is 2.01. The van der Waals surface area contributed by atoms with Gasteiger partial charge in [-0.15, -0.1) is 0 Å². The van der Waals surface area contributed by atoms with Crippen molar-refractivity contribution >= 4 is 32.9 Å². The van der Waals surface area contributed by atoms with Crippen LogP contribution in [0.2, 0.25) is 0 Å². The number of hydrogen-bond donors (Lipinski definition) is 1. The van der Waals surface area contributed by atoms with Gasteiger partial charge in [-0.3, -0.25) is 5.43 Å². The molecule has 1 heterocycles. The molecule has 4 heteroatoms. The molecule has 20 heavy (non-hydrogen) atoms. The van der Waals surface area contributed by atoms with Crippen LogP contribution >= 0.6 is 11.3 Å². The maximum absolute atomic E-state index is 4.47. The Morgan fingerprint density at radius 2 is 2.00 bits per heavy atom. The molecule has 0 aliphatic carbocycles. The van der Waals surface area contributed by atoms with Gasteiger partial charge in [0.15, 0.2) is 0 Å². The van der Waals surface area contributed by atoms with Gasteiger partial charge < -0.3 is 0 Å². The number of nitrogens with zero attached hydrogens (tertiary/aromatic N) is 2. The zero-order valence-electron chi connectivity index (χ0n) is 11.4. The molecule has 3 nitrogen and oxygen atoms in total. The first-order chi connectivity index (χ1) is 9.72. The summed E-state index contributed by atoms with van der Waals surface area (Å²) in [6, 6.07) is 14.4. The molecule has 3 aromatic rings. The first-order valence-corrected chi connectivity index (χ1v) is 7.26. The molecule has 0 saturated carbocycles. The van der Waals surface area contributed by atoms with Gasteiger partial charge in [0, 0.05) is 0 Å². The van der Waals surface area contributed by atoms with Gasteiger partial charge in [0.25, 0.3) is 0 Å². The third kappa shape index (κ3) is 2.70. The summed E-state index contributed by atoms with van der Waals surface area (Å²) in [5.74, 6) is 0. The number of nitrogens with one attached hydrogen (secondary N) is 1. The molecule has 0 aliphatic heterocycles. The molecule has 0 fully saturated rings. The fraction of sp³-hybridized carbons (Fsp3) is 0.125. The van der Waals surface area contributed by atoms with Gasteiger partial charge in [-0.05, 0) is 37.1 Å². The standard InChI is InChI=1S/C16H15N3S/c1-11-7-8-13(12(2)9-11)10-17-19-16-18-14-5-3-4-6-15(14)20-16/h3-10H,1-2H3,(H,18,19)/b17-10+. The number of para-hydroxylation sites is 1. The molecule has 0 radical (unpaired) electrons. The molecule has 0 aliphatic rings. The highest BCUT2D eigenvalue weighted by atomic mass is 32.1. The van der Waals surface area contributed by atoms with Gasteiger partial charge in [-0.2, -0.15) is 5.10 Å². The Hall–Kier alpha value is -2.20. The van der Waals surface area contributed by atoms with E-state index in [0.717, 1.165) is 20.9 Å². The Labute approximate surface area is 122 Å². The van der Waals surface area contributed by atoms with Crippen LogP contribution in [-0.4, -0.2) is 11.2 Å². The molecule has 0 spiro atoms. The lowest BCUT2D eigenvalue weighted by molar-refractivity contribution is 1.30. The lowest BCUT2D eigenvalue weighted by Gasteiger charge is -2.00. The van der Waals surface area contributed by atoms with Crippen molar-refractivity contribution in [1.82, 2.24) is 4.98 Å². The molecule has 1 aromatic heterocycles. The maximum Gasteiger partial charge on any atom is 0.204 e. The second-order valence-corrected chi connectivity index (χ2v) is 5.75. The Kier molecular flexibility index (Phi) is 3.48. The predicted octanol–water partition coefficient (Wildman–Crippen LogP) is 4.36. The average molecular weight is 281 g/mol. The predicted molar refractivity (Wildman–Crippen MR) is 86.8 cm³/mol. The molecule has 2 aromatic carbocycles. The van der Waals surface area contributed by atoms with Gasteiger partial charge in [-0.25, -0.2) is 4.98 Å². The first-order valence-electron chi connectivity index (χ1n) is 6.44. The van der Waals surface area contributed by atoms with E-state index in [9.17, 15) is 0 Å². The van der Waals surface area contributed by atoms with E-state index in [2.05, 4.69) is 53.6 Å². The minimum Gasteiger partial charge on any atom is -0.253 e. The lowest BCUT2D eigenvalue weighted by Crippen LogP contribution is -1.92. The fourth-order valence-corrected chi connectivity index (χ4v) is 2.86. The highest BCUT2D eigenvalue weighted by molar-refractivity contribution is 7.22. The zero-order chi connectivity index (χ0) is 13.9. The quantitative estimate of drug-likeness (QED) is 0.572. The van der Waals surface area contributed by atoms with Crippen LogP contribution in [0.5, 0.6) is 0 Å². The van der Waals surface area contributed by atoms with E-state index < -0.39 is 0 Å². The Bertz CT molecular complexity index is 741. The summed E-state index contributed by atoms with van der Waals surface area (Å²) in [6.45, 7) is 4.18. The smallest absolute Gasteiger partial charge is 0.204 e. The SMILES string of the molecule is Cc1ccc(/C=N/Nc2nc3ccccc3s2)c(C)c1. The summed E-state index contributed by atoms with van der Waals surface area (Å²) in [4.78, 5) is 4.47. The molecule has 0 saturated heterocycles. The van der Waals surface area contributed by atoms with Crippen molar-refractivity contribution in [2.24, 2.45) is 5.10 Å². The van der Waals surface area contributed by atoms with Crippen LogP contribution in [0, 0.1) is 13.8 Å². The van der Waals surface area contributed by atoms with Crippen LogP contribution in [0.25, 0.3) is 10.2 Å².